The molecular weight excluding hydrogens is 327 g/mol. The van der Waals surface area contributed by atoms with Crippen molar-refractivity contribution in [3.8, 4) is 0 Å². The zero-order valence-electron chi connectivity index (χ0n) is 11.8. The molecule has 0 aliphatic carbocycles. The highest BCUT2D eigenvalue weighted by molar-refractivity contribution is 7.90. The lowest BCUT2D eigenvalue weighted by Gasteiger charge is -2.34. The summed E-state index contributed by atoms with van der Waals surface area (Å²) in [5.74, 6) is -1.03. The Morgan fingerprint density at radius 2 is 2.05 bits per heavy atom. The Morgan fingerprint density at radius 1 is 1.36 bits per heavy atom. The third kappa shape index (κ3) is 3.38. The van der Waals surface area contributed by atoms with E-state index in [1.165, 1.54) is 12.3 Å². The summed E-state index contributed by atoms with van der Waals surface area (Å²) in [6, 6.07) is 1.37. The number of nitrogens with zero attached hydrogens (tertiary/aromatic N) is 1. The summed E-state index contributed by atoms with van der Waals surface area (Å²) in [4.78, 5) is 0. The predicted molar refractivity (Wildman–Crippen MR) is 68.4 cm³/mol. The van der Waals surface area contributed by atoms with E-state index in [9.17, 15) is 21.6 Å². The third-order valence-electron chi connectivity index (χ3n) is 2.86. The summed E-state index contributed by atoms with van der Waals surface area (Å²) in [5.41, 5.74) is -5.43. The minimum atomic E-state index is -5.59. The fourth-order valence-corrected chi connectivity index (χ4v) is 2.64. The molecule has 0 spiro atoms. The molecule has 0 N–H and O–H groups in total. The number of sulfonamides is 1. The summed E-state index contributed by atoms with van der Waals surface area (Å²) < 4.78 is 77.3. The molecule has 1 aromatic rings. The van der Waals surface area contributed by atoms with Gasteiger partial charge in [0.2, 0.25) is 5.79 Å². The first-order valence-electron chi connectivity index (χ1n) is 6.14. The van der Waals surface area contributed by atoms with Gasteiger partial charge in [-0.2, -0.15) is 21.6 Å². The Hall–Kier alpha value is -1.68. The second kappa shape index (κ2) is 5.51. The molecule has 22 heavy (non-hydrogen) atoms. The van der Waals surface area contributed by atoms with Crippen LogP contribution in [0.2, 0.25) is 0 Å². The van der Waals surface area contributed by atoms with E-state index in [0.29, 0.717) is 0 Å². The van der Waals surface area contributed by atoms with E-state index in [-0.39, 0.29) is 22.2 Å². The van der Waals surface area contributed by atoms with Gasteiger partial charge in [-0.05, 0) is 6.07 Å². The molecule has 1 aromatic heterocycles. The van der Waals surface area contributed by atoms with Gasteiger partial charge < -0.3 is 13.9 Å². The van der Waals surface area contributed by atoms with Gasteiger partial charge in [-0.25, -0.2) is 0 Å². The number of alkyl halides is 3. The van der Waals surface area contributed by atoms with Gasteiger partial charge in [0.05, 0.1) is 31.4 Å². The Labute approximate surface area is 125 Å². The monoisotopic (exact) mass is 341 g/mol. The molecule has 0 saturated carbocycles. The second-order valence-corrected chi connectivity index (χ2v) is 6.86. The summed E-state index contributed by atoms with van der Waals surface area (Å²) in [7, 11) is -5.59. The van der Waals surface area contributed by atoms with Crippen molar-refractivity contribution in [3.63, 3.8) is 0 Å². The van der Waals surface area contributed by atoms with Crippen LogP contribution in [0.25, 0.3) is 0 Å². The quantitative estimate of drug-likeness (QED) is 0.842. The van der Waals surface area contributed by atoms with Gasteiger partial charge in [0.1, 0.15) is 6.26 Å². The van der Waals surface area contributed by atoms with Crippen LogP contribution in [0.15, 0.2) is 35.0 Å². The van der Waals surface area contributed by atoms with Crippen molar-refractivity contribution >= 4 is 10.0 Å². The summed E-state index contributed by atoms with van der Waals surface area (Å²) in [5, 5.41) is 0. The van der Waals surface area contributed by atoms with Crippen molar-refractivity contribution in [1.82, 2.24) is 4.31 Å². The first kappa shape index (κ1) is 16.7. The van der Waals surface area contributed by atoms with Crippen LogP contribution in [0.1, 0.15) is 19.4 Å². The van der Waals surface area contributed by atoms with Crippen LogP contribution in [0.3, 0.4) is 0 Å². The van der Waals surface area contributed by atoms with Gasteiger partial charge in [-0.3, -0.25) is 4.31 Å². The molecule has 124 valence electrons. The number of rotatable bonds is 4. The lowest BCUT2D eigenvalue weighted by atomic mass is 10.3. The largest absolute Gasteiger partial charge is 0.516 e. The Bertz CT molecular complexity index is 649. The molecule has 0 radical (unpaired) electrons. The number of halogens is 3. The van der Waals surface area contributed by atoms with Gasteiger partial charge in [0.25, 0.3) is 0 Å². The van der Waals surface area contributed by atoms with Crippen LogP contribution < -0.4 is 0 Å². The maximum Gasteiger partial charge on any atom is 0.516 e. The van der Waals surface area contributed by atoms with Gasteiger partial charge in [-0.15, -0.1) is 0 Å². The highest BCUT2D eigenvalue weighted by Crippen LogP contribution is 2.33. The molecule has 0 saturated heterocycles. The van der Waals surface area contributed by atoms with Crippen LogP contribution >= 0.6 is 0 Å². The SMILES string of the molecule is CC1(C)OC=C(N(Cc2ccoc2)S(=O)(=O)C(F)(F)F)CO1. The van der Waals surface area contributed by atoms with E-state index in [1.54, 1.807) is 13.8 Å². The zero-order valence-corrected chi connectivity index (χ0v) is 12.6. The topological polar surface area (TPSA) is 69.0 Å². The van der Waals surface area contributed by atoms with Crippen LogP contribution in [-0.4, -0.2) is 30.6 Å². The van der Waals surface area contributed by atoms with E-state index in [0.717, 1.165) is 12.5 Å². The molecule has 6 nitrogen and oxygen atoms in total. The zero-order chi connectivity index (χ0) is 16.6. The summed E-state index contributed by atoms with van der Waals surface area (Å²) in [6.45, 7) is 2.23. The van der Waals surface area contributed by atoms with Crippen LogP contribution in [-0.2, 0) is 26.0 Å². The molecule has 10 heteroatoms. The minimum Gasteiger partial charge on any atom is -0.472 e. The fourth-order valence-electron chi connectivity index (χ4n) is 1.67. The number of hydrogen-bond acceptors (Lipinski definition) is 5. The van der Waals surface area contributed by atoms with Gasteiger partial charge >= 0.3 is 15.5 Å². The Morgan fingerprint density at radius 3 is 2.50 bits per heavy atom. The number of furan rings is 1. The fraction of sp³-hybridized carbons (Fsp3) is 0.500. The van der Waals surface area contributed by atoms with E-state index < -0.39 is 27.9 Å². The minimum absolute atomic E-state index is 0.201. The molecule has 0 atom stereocenters. The first-order valence-corrected chi connectivity index (χ1v) is 7.58. The molecule has 0 fully saturated rings. The highest BCUT2D eigenvalue weighted by Gasteiger charge is 2.51. The van der Waals surface area contributed by atoms with Crippen LogP contribution in [0.5, 0.6) is 0 Å². The molecule has 1 aliphatic heterocycles. The number of ether oxygens (including phenoxy) is 2. The van der Waals surface area contributed by atoms with E-state index in [2.05, 4.69) is 0 Å². The van der Waals surface area contributed by atoms with Gasteiger partial charge in [0, 0.05) is 19.4 Å². The van der Waals surface area contributed by atoms with Gasteiger partial charge in [0.15, 0.2) is 0 Å². The van der Waals surface area contributed by atoms with Crippen molar-refractivity contribution < 1.29 is 35.5 Å². The van der Waals surface area contributed by atoms with Crippen molar-refractivity contribution in [2.45, 2.75) is 31.7 Å². The first-order chi connectivity index (χ1) is 10.0. The Balaban J connectivity index is 2.37. The molecule has 0 bridgehead atoms. The van der Waals surface area contributed by atoms with Crippen LogP contribution in [0.4, 0.5) is 13.2 Å². The second-order valence-electron chi connectivity index (χ2n) is 5.00. The molecule has 1 aliphatic rings. The summed E-state index contributed by atoms with van der Waals surface area (Å²) in [6.07, 6.45) is 3.36. The van der Waals surface area contributed by atoms with Crippen LogP contribution in [0, 0.1) is 0 Å². The van der Waals surface area contributed by atoms with E-state index in [4.69, 9.17) is 13.9 Å². The maximum atomic E-state index is 12.9. The third-order valence-corrected chi connectivity index (χ3v) is 4.38. The molecule has 0 amide bonds. The molecular formula is C12H14F3NO5S. The average Bonchev–Trinajstić information content (AvgIpc) is 2.88. The molecule has 2 rings (SSSR count). The lowest BCUT2D eigenvalue weighted by molar-refractivity contribution is -0.193. The van der Waals surface area contributed by atoms with E-state index in [1.807, 2.05) is 0 Å². The van der Waals surface area contributed by atoms with E-state index >= 15 is 0 Å². The maximum absolute atomic E-state index is 12.9. The predicted octanol–water partition coefficient (Wildman–Crippen LogP) is 2.56. The number of hydrogen-bond donors (Lipinski definition) is 0. The van der Waals surface area contributed by atoms with Crippen molar-refractivity contribution in [1.29, 1.82) is 0 Å². The van der Waals surface area contributed by atoms with Crippen molar-refractivity contribution in [2.24, 2.45) is 0 Å². The van der Waals surface area contributed by atoms with Crippen molar-refractivity contribution in [3.05, 3.63) is 36.1 Å². The normalized spacial score (nSPS) is 18.5. The van der Waals surface area contributed by atoms with Gasteiger partial charge in [-0.1, -0.05) is 0 Å². The highest BCUT2D eigenvalue weighted by atomic mass is 32.2. The smallest absolute Gasteiger partial charge is 0.472 e. The average molecular weight is 341 g/mol. The lowest BCUT2D eigenvalue weighted by Crippen LogP contribution is -2.43. The molecule has 0 aromatic carbocycles. The summed E-state index contributed by atoms with van der Waals surface area (Å²) >= 11 is 0. The van der Waals surface area contributed by atoms with Crippen molar-refractivity contribution in [2.75, 3.05) is 6.61 Å². The standard InChI is InChI=1S/C12H14F3NO5S/c1-11(2)20-7-10(8-21-11)16(5-9-3-4-19-6-9)22(17,18)12(13,14)15/h3-4,6-7H,5,8H2,1-2H3. The molecule has 0 unspecified atom stereocenters. The Kier molecular flexibility index (Phi) is 4.18. The molecule has 2 heterocycles.